The lowest BCUT2D eigenvalue weighted by atomic mass is 9.98. The summed E-state index contributed by atoms with van der Waals surface area (Å²) < 4.78 is 25.2. The van der Waals surface area contributed by atoms with Crippen molar-refractivity contribution in [3.63, 3.8) is 0 Å². The summed E-state index contributed by atoms with van der Waals surface area (Å²) in [6.07, 6.45) is 6.74. The minimum atomic E-state index is -0.313. The molecule has 0 spiro atoms. The highest BCUT2D eigenvalue weighted by Gasteiger charge is 2.18. The Hall–Kier alpha value is -3.19. The lowest BCUT2D eigenvalue weighted by Crippen LogP contribution is -2.32. The van der Waals surface area contributed by atoms with E-state index in [4.69, 9.17) is 9.47 Å². The molecule has 1 aliphatic heterocycles. The van der Waals surface area contributed by atoms with Crippen LogP contribution < -0.4 is 14.8 Å². The van der Waals surface area contributed by atoms with Crippen molar-refractivity contribution in [2.75, 3.05) is 33.4 Å². The molecule has 6 nitrogen and oxygen atoms in total. The summed E-state index contributed by atoms with van der Waals surface area (Å²) in [7, 11) is 2.16. The van der Waals surface area contributed by atoms with E-state index in [2.05, 4.69) is 22.3 Å². The van der Waals surface area contributed by atoms with Gasteiger partial charge in [0.25, 0.3) is 0 Å². The molecule has 3 rings (SSSR count). The van der Waals surface area contributed by atoms with Crippen LogP contribution in [0.3, 0.4) is 0 Å². The zero-order valence-electron chi connectivity index (χ0n) is 21.6. The molecule has 2 aromatic rings. The number of nitrogens with one attached hydrogen (secondary N) is 1. The molecule has 1 aliphatic rings. The average molecular weight is 496 g/mol. The lowest BCUT2D eigenvalue weighted by molar-refractivity contribution is -0.120. The maximum absolute atomic E-state index is 13.3. The number of nitrogens with zero attached hydrogens (tertiary/aromatic N) is 2. The molecule has 1 saturated heterocycles. The molecule has 194 valence electrons. The SMILES string of the molecule is CCOc1ccc(/C=C/N=C(CC)CC(=O)NCc2cccc(F)c2)c(OCC2CCN(C)CC2)c1. The van der Waals surface area contributed by atoms with Crippen molar-refractivity contribution in [3.05, 3.63) is 65.6 Å². The maximum atomic E-state index is 13.3. The molecular weight excluding hydrogens is 457 g/mol. The fourth-order valence-electron chi connectivity index (χ4n) is 4.05. The summed E-state index contributed by atoms with van der Waals surface area (Å²) >= 11 is 0. The Morgan fingerprint density at radius 3 is 2.69 bits per heavy atom. The van der Waals surface area contributed by atoms with Crippen LogP contribution in [0.25, 0.3) is 6.08 Å². The molecule has 1 N–H and O–H groups in total. The molecule has 36 heavy (non-hydrogen) atoms. The van der Waals surface area contributed by atoms with Crippen molar-refractivity contribution in [1.82, 2.24) is 10.2 Å². The van der Waals surface area contributed by atoms with Gasteiger partial charge < -0.3 is 19.7 Å². The Bertz CT molecular complexity index is 1050. The first-order valence-corrected chi connectivity index (χ1v) is 12.8. The van der Waals surface area contributed by atoms with Crippen molar-refractivity contribution in [3.8, 4) is 11.5 Å². The number of likely N-dealkylation sites (tertiary alicyclic amines) is 1. The highest BCUT2D eigenvalue weighted by atomic mass is 19.1. The second kappa shape index (κ2) is 14.4. The number of hydrogen-bond acceptors (Lipinski definition) is 5. The summed E-state index contributed by atoms with van der Waals surface area (Å²) in [5.41, 5.74) is 2.41. The van der Waals surface area contributed by atoms with Crippen molar-refractivity contribution < 1.29 is 18.7 Å². The largest absolute Gasteiger partial charge is 0.494 e. The van der Waals surface area contributed by atoms with Gasteiger partial charge >= 0.3 is 0 Å². The van der Waals surface area contributed by atoms with Crippen molar-refractivity contribution in [1.29, 1.82) is 0 Å². The smallest absolute Gasteiger partial charge is 0.225 e. The molecule has 2 aromatic carbocycles. The molecule has 7 heteroatoms. The van der Waals surface area contributed by atoms with Crippen LogP contribution in [0.2, 0.25) is 0 Å². The van der Waals surface area contributed by atoms with Crippen LogP contribution in [0.1, 0.15) is 50.7 Å². The predicted octanol–water partition coefficient (Wildman–Crippen LogP) is 5.47. The van der Waals surface area contributed by atoms with E-state index in [1.54, 1.807) is 18.3 Å². The lowest BCUT2D eigenvalue weighted by Gasteiger charge is -2.29. The Balaban J connectivity index is 1.60. The van der Waals surface area contributed by atoms with Gasteiger partial charge in [0.2, 0.25) is 5.91 Å². The summed E-state index contributed by atoms with van der Waals surface area (Å²) in [5, 5.41) is 2.83. The van der Waals surface area contributed by atoms with Crippen LogP contribution in [-0.4, -0.2) is 49.9 Å². The van der Waals surface area contributed by atoms with Crippen LogP contribution in [-0.2, 0) is 11.3 Å². The third-order valence-electron chi connectivity index (χ3n) is 6.27. The Labute approximate surface area is 214 Å². The van der Waals surface area contributed by atoms with Gasteiger partial charge in [-0.25, -0.2) is 4.39 Å². The monoisotopic (exact) mass is 495 g/mol. The molecule has 0 aromatic heterocycles. The van der Waals surface area contributed by atoms with Gasteiger partial charge in [-0.3, -0.25) is 9.79 Å². The van der Waals surface area contributed by atoms with E-state index in [9.17, 15) is 9.18 Å². The number of aliphatic imine (C=N–C) groups is 1. The third kappa shape index (κ3) is 9.11. The number of benzene rings is 2. The quantitative estimate of drug-likeness (QED) is 0.397. The molecule has 0 aliphatic carbocycles. The number of ether oxygens (including phenoxy) is 2. The highest BCUT2D eigenvalue weighted by molar-refractivity contribution is 6.01. The molecule has 0 saturated carbocycles. The third-order valence-corrected chi connectivity index (χ3v) is 6.27. The number of carbonyl (C=O) groups is 1. The van der Waals surface area contributed by atoms with E-state index in [1.165, 1.54) is 12.1 Å². The second-order valence-corrected chi connectivity index (χ2v) is 9.14. The van der Waals surface area contributed by atoms with Crippen LogP contribution >= 0.6 is 0 Å². The first kappa shape index (κ1) is 27.4. The molecule has 1 fully saturated rings. The highest BCUT2D eigenvalue weighted by Crippen LogP contribution is 2.28. The van der Waals surface area contributed by atoms with E-state index < -0.39 is 0 Å². The Morgan fingerprint density at radius 2 is 1.97 bits per heavy atom. The maximum Gasteiger partial charge on any atom is 0.225 e. The van der Waals surface area contributed by atoms with E-state index in [-0.39, 0.29) is 24.7 Å². The zero-order chi connectivity index (χ0) is 25.8. The zero-order valence-corrected chi connectivity index (χ0v) is 21.6. The summed E-state index contributed by atoms with van der Waals surface area (Å²) in [6, 6.07) is 12.0. The minimum Gasteiger partial charge on any atom is -0.494 e. The fourth-order valence-corrected chi connectivity index (χ4v) is 4.05. The van der Waals surface area contributed by atoms with Gasteiger partial charge in [-0.15, -0.1) is 0 Å². The van der Waals surface area contributed by atoms with Gasteiger partial charge in [0.05, 0.1) is 19.6 Å². The summed E-state index contributed by atoms with van der Waals surface area (Å²) in [6.45, 7) is 7.69. The van der Waals surface area contributed by atoms with Crippen LogP contribution in [0.5, 0.6) is 11.5 Å². The van der Waals surface area contributed by atoms with Crippen molar-refractivity contribution >= 4 is 17.7 Å². The Kier molecular flexibility index (Phi) is 11.0. The van der Waals surface area contributed by atoms with Gasteiger partial charge in [0.1, 0.15) is 17.3 Å². The number of carbonyl (C=O) groups excluding carboxylic acids is 1. The number of amides is 1. The average Bonchev–Trinajstić information content (AvgIpc) is 2.87. The molecule has 0 unspecified atom stereocenters. The molecule has 1 heterocycles. The van der Waals surface area contributed by atoms with Gasteiger partial charge in [0, 0.05) is 30.1 Å². The van der Waals surface area contributed by atoms with E-state index in [0.29, 0.717) is 25.6 Å². The molecule has 0 radical (unpaired) electrons. The molecule has 1 amide bonds. The number of piperidine rings is 1. The number of hydrogen-bond donors (Lipinski definition) is 1. The topological polar surface area (TPSA) is 63.2 Å². The first-order valence-electron chi connectivity index (χ1n) is 12.8. The van der Waals surface area contributed by atoms with Gasteiger partial charge in [-0.2, -0.15) is 0 Å². The minimum absolute atomic E-state index is 0.142. The van der Waals surface area contributed by atoms with Crippen LogP contribution in [0, 0.1) is 11.7 Å². The summed E-state index contributed by atoms with van der Waals surface area (Å²) in [5.74, 6) is 1.64. The van der Waals surface area contributed by atoms with E-state index >= 15 is 0 Å². The van der Waals surface area contributed by atoms with Crippen molar-refractivity contribution in [2.45, 2.75) is 46.1 Å². The number of halogens is 1. The van der Waals surface area contributed by atoms with Crippen molar-refractivity contribution in [2.24, 2.45) is 10.9 Å². The first-order chi connectivity index (χ1) is 17.5. The molecular formula is C29H38FN3O3. The second-order valence-electron chi connectivity index (χ2n) is 9.14. The van der Waals surface area contributed by atoms with Gasteiger partial charge in [0.15, 0.2) is 0 Å². The standard InChI is InChI=1S/C29H38FN3O3/c1-4-26(18-29(34)32-20-23-7-6-8-25(30)17-23)31-14-11-24-9-10-27(35-5-2)19-28(24)36-21-22-12-15-33(3)16-13-22/h6-11,14,17,19,22H,4-5,12-13,15-16,18,20-21H2,1-3H3,(H,32,34)/b14-11+,31-26?. The molecule has 0 atom stereocenters. The van der Waals surface area contributed by atoms with E-state index in [1.807, 2.05) is 38.1 Å². The van der Waals surface area contributed by atoms with E-state index in [0.717, 1.165) is 54.3 Å². The van der Waals surface area contributed by atoms with Crippen LogP contribution in [0.4, 0.5) is 4.39 Å². The fraction of sp³-hybridized carbons (Fsp3) is 0.448. The predicted molar refractivity (Wildman–Crippen MR) is 143 cm³/mol. The van der Waals surface area contributed by atoms with Gasteiger partial charge in [-0.05, 0) is 88.1 Å². The summed E-state index contributed by atoms with van der Waals surface area (Å²) in [4.78, 5) is 19.2. The van der Waals surface area contributed by atoms with Gasteiger partial charge in [-0.1, -0.05) is 19.1 Å². The number of rotatable bonds is 12. The Morgan fingerprint density at radius 1 is 1.17 bits per heavy atom. The molecule has 0 bridgehead atoms. The normalized spacial score (nSPS) is 15.3. The van der Waals surface area contributed by atoms with Crippen LogP contribution in [0.15, 0.2) is 53.7 Å².